The van der Waals surface area contributed by atoms with E-state index >= 15 is 0 Å². The zero-order chi connectivity index (χ0) is 22.9. The highest BCUT2D eigenvalue weighted by Crippen LogP contribution is 2.39. The van der Waals surface area contributed by atoms with E-state index in [4.69, 9.17) is 0 Å². The van der Waals surface area contributed by atoms with Crippen LogP contribution in [0.5, 0.6) is 0 Å². The number of hydrogen-bond donors (Lipinski definition) is 5. The highest BCUT2D eigenvalue weighted by atomic mass is 31.2. The fourth-order valence-corrected chi connectivity index (χ4v) is 4.30. The standard InChI is InChI=1S/C20H24FN4O5P/c1-4-25(31(28,29)30)8-7-22-20(27)18-11(2)17(23-12(18)3)10-15-14-9-13(21)5-6-16(14)24-19(15)26/h5-6,9-10,23H,4,7-8H2,1-3H3,(H,22,27)(H,24,26)(H2,28,29,30)/b15-10-. The number of rotatable bonds is 7. The average molecular weight is 450 g/mol. The Hall–Kier alpha value is -2.78. The highest BCUT2D eigenvalue weighted by Gasteiger charge is 2.27. The molecule has 0 spiro atoms. The fraction of sp³-hybridized carbons (Fsp3) is 0.300. The van der Waals surface area contributed by atoms with Gasteiger partial charge in [-0.2, -0.15) is 0 Å². The van der Waals surface area contributed by atoms with E-state index in [0.29, 0.717) is 33.8 Å². The molecule has 1 aromatic carbocycles. The van der Waals surface area contributed by atoms with Gasteiger partial charge in [0.15, 0.2) is 0 Å². The third kappa shape index (κ3) is 4.77. The van der Waals surface area contributed by atoms with E-state index in [-0.39, 0.29) is 31.1 Å². The number of fused-ring (bicyclic) bond motifs is 1. The lowest BCUT2D eigenvalue weighted by Gasteiger charge is -2.21. The van der Waals surface area contributed by atoms with Gasteiger partial charge in [-0.15, -0.1) is 0 Å². The summed E-state index contributed by atoms with van der Waals surface area (Å²) < 4.78 is 26.0. The van der Waals surface area contributed by atoms with Crippen molar-refractivity contribution in [2.24, 2.45) is 0 Å². The van der Waals surface area contributed by atoms with Gasteiger partial charge in [0.1, 0.15) is 5.82 Å². The van der Waals surface area contributed by atoms with Crippen LogP contribution >= 0.6 is 7.75 Å². The van der Waals surface area contributed by atoms with E-state index in [0.717, 1.165) is 4.67 Å². The minimum Gasteiger partial charge on any atom is -0.358 e. The van der Waals surface area contributed by atoms with Gasteiger partial charge in [0, 0.05) is 42.3 Å². The molecule has 2 heterocycles. The topological polar surface area (TPSA) is 135 Å². The maximum absolute atomic E-state index is 13.6. The zero-order valence-corrected chi connectivity index (χ0v) is 18.2. The van der Waals surface area contributed by atoms with Gasteiger partial charge in [0.2, 0.25) is 0 Å². The lowest BCUT2D eigenvalue weighted by atomic mass is 10.0. The molecule has 0 saturated carbocycles. The van der Waals surface area contributed by atoms with Crippen molar-refractivity contribution >= 4 is 36.9 Å². The Morgan fingerprint density at radius 2 is 2.03 bits per heavy atom. The van der Waals surface area contributed by atoms with Crippen LogP contribution in [0.4, 0.5) is 10.1 Å². The highest BCUT2D eigenvalue weighted by molar-refractivity contribution is 7.49. The molecule has 2 aromatic rings. The number of nitrogens with one attached hydrogen (secondary N) is 3. The second kappa shape index (κ2) is 8.76. The number of carbonyl (C=O) groups is 2. The number of nitrogens with zero attached hydrogens (tertiary/aromatic N) is 1. The molecule has 5 N–H and O–H groups in total. The van der Waals surface area contributed by atoms with Crippen LogP contribution in [0.15, 0.2) is 18.2 Å². The van der Waals surface area contributed by atoms with E-state index in [1.807, 2.05) is 0 Å². The first-order valence-electron chi connectivity index (χ1n) is 9.64. The van der Waals surface area contributed by atoms with Crippen molar-refractivity contribution in [2.45, 2.75) is 20.8 Å². The fourth-order valence-electron chi connectivity index (χ4n) is 3.57. The summed E-state index contributed by atoms with van der Waals surface area (Å²) in [6.07, 6.45) is 1.58. The maximum atomic E-state index is 13.6. The van der Waals surface area contributed by atoms with Gasteiger partial charge in [0.25, 0.3) is 11.8 Å². The summed E-state index contributed by atoms with van der Waals surface area (Å²) in [6.45, 7) is 5.23. The molecule has 2 amide bonds. The molecule has 0 aliphatic carbocycles. The molecule has 1 aliphatic rings. The minimum atomic E-state index is -4.37. The molecule has 0 bridgehead atoms. The zero-order valence-electron chi connectivity index (χ0n) is 17.3. The number of halogens is 1. The number of aryl methyl sites for hydroxylation is 1. The third-order valence-electron chi connectivity index (χ3n) is 5.15. The van der Waals surface area contributed by atoms with Crippen molar-refractivity contribution in [1.29, 1.82) is 0 Å². The normalized spacial score (nSPS) is 14.8. The van der Waals surface area contributed by atoms with Gasteiger partial charge in [-0.1, -0.05) is 6.92 Å². The predicted octanol–water partition coefficient (Wildman–Crippen LogP) is 2.41. The Morgan fingerprint density at radius 1 is 1.32 bits per heavy atom. The smallest absolute Gasteiger partial charge is 0.358 e. The first-order valence-corrected chi connectivity index (χ1v) is 11.2. The number of hydrogen-bond acceptors (Lipinski definition) is 3. The number of amides is 2. The maximum Gasteiger partial charge on any atom is 0.403 e. The van der Waals surface area contributed by atoms with Gasteiger partial charge in [0.05, 0.1) is 11.1 Å². The molecule has 0 saturated heterocycles. The van der Waals surface area contributed by atoms with Gasteiger partial charge in [-0.3, -0.25) is 9.59 Å². The summed E-state index contributed by atoms with van der Waals surface area (Å²) >= 11 is 0. The van der Waals surface area contributed by atoms with Crippen molar-refractivity contribution in [3.8, 4) is 0 Å². The Labute approximate surface area is 178 Å². The lowest BCUT2D eigenvalue weighted by molar-refractivity contribution is -0.110. The minimum absolute atomic E-state index is 0.00549. The molecule has 0 unspecified atom stereocenters. The molecule has 11 heteroatoms. The van der Waals surface area contributed by atoms with E-state index in [1.165, 1.54) is 18.2 Å². The monoisotopic (exact) mass is 450 g/mol. The Kier molecular flexibility index (Phi) is 6.47. The van der Waals surface area contributed by atoms with Crippen molar-refractivity contribution in [2.75, 3.05) is 25.0 Å². The van der Waals surface area contributed by atoms with Crippen LogP contribution in [0.2, 0.25) is 0 Å². The lowest BCUT2D eigenvalue weighted by Crippen LogP contribution is -2.33. The molecule has 0 fully saturated rings. The molecule has 0 atom stereocenters. The Morgan fingerprint density at radius 3 is 2.68 bits per heavy atom. The number of carbonyl (C=O) groups excluding carboxylic acids is 2. The molecular formula is C20H24FN4O5P. The third-order valence-corrected chi connectivity index (χ3v) is 6.37. The van der Waals surface area contributed by atoms with E-state index < -0.39 is 19.5 Å². The summed E-state index contributed by atoms with van der Waals surface area (Å²) in [4.78, 5) is 46.6. The quantitative estimate of drug-likeness (QED) is 0.325. The Bertz CT molecular complexity index is 1120. The van der Waals surface area contributed by atoms with Gasteiger partial charge in [-0.05, 0) is 43.7 Å². The van der Waals surface area contributed by atoms with Crippen molar-refractivity contribution in [1.82, 2.24) is 15.0 Å². The van der Waals surface area contributed by atoms with Gasteiger partial charge < -0.3 is 25.4 Å². The number of aromatic nitrogens is 1. The van der Waals surface area contributed by atoms with Crippen LogP contribution in [0.1, 0.15) is 39.8 Å². The van der Waals surface area contributed by atoms with Crippen LogP contribution in [0.25, 0.3) is 11.6 Å². The first-order chi connectivity index (χ1) is 14.5. The Balaban J connectivity index is 1.81. The summed E-state index contributed by atoms with van der Waals surface area (Å²) in [6, 6.07) is 4.03. The molecule has 3 rings (SSSR count). The molecule has 0 radical (unpaired) electrons. The second-order valence-electron chi connectivity index (χ2n) is 7.18. The van der Waals surface area contributed by atoms with Crippen LogP contribution < -0.4 is 10.6 Å². The first kappa shape index (κ1) is 22.9. The molecule has 1 aromatic heterocycles. The van der Waals surface area contributed by atoms with Crippen molar-refractivity contribution in [3.05, 3.63) is 52.1 Å². The molecule has 166 valence electrons. The number of aromatic amines is 1. The summed E-state index contributed by atoms with van der Waals surface area (Å²) in [5.74, 6) is -1.23. The number of benzene rings is 1. The van der Waals surface area contributed by atoms with Crippen LogP contribution in [0.3, 0.4) is 0 Å². The molecule has 9 nitrogen and oxygen atoms in total. The van der Waals surface area contributed by atoms with Crippen molar-refractivity contribution in [3.63, 3.8) is 0 Å². The van der Waals surface area contributed by atoms with Crippen LogP contribution in [-0.2, 0) is 9.36 Å². The number of anilines is 1. The van der Waals surface area contributed by atoms with E-state index in [1.54, 1.807) is 26.8 Å². The van der Waals surface area contributed by atoms with Crippen LogP contribution in [0, 0.1) is 19.7 Å². The van der Waals surface area contributed by atoms with E-state index in [2.05, 4.69) is 15.6 Å². The molecular weight excluding hydrogens is 426 g/mol. The summed E-state index contributed by atoms with van der Waals surface area (Å²) in [5.41, 5.74) is 3.33. The molecule has 31 heavy (non-hydrogen) atoms. The van der Waals surface area contributed by atoms with E-state index in [9.17, 15) is 28.3 Å². The largest absolute Gasteiger partial charge is 0.403 e. The van der Waals surface area contributed by atoms with Crippen LogP contribution in [-0.4, -0.2) is 50.9 Å². The number of likely N-dealkylation sites (N-methyl/N-ethyl adjacent to an activating group) is 1. The molecule has 1 aliphatic heterocycles. The second-order valence-corrected chi connectivity index (χ2v) is 8.77. The summed E-state index contributed by atoms with van der Waals surface area (Å²) in [7, 11) is -4.37. The summed E-state index contributed by atoms with van der Waals surface area (Å²) in [5, 5.41) is 5.34. The average Bonchev–Trinajstić information content (AvgIpc) is 3.13. The van der Waals surface area contributed by atoms with Crippen molar-refractivity contribution < 1.29 is 28.3 Å². The predicted molar refractivity (Wildman–Crippen MR) is 115 cm³/mol. The number of H-pyrrole nitrogens is 1. The van der Waals surface area contributed by atoms with Gasteiger partial charge in [-0.25, -0.2) is 13.6 Å². The SMILES string of the molecule is CCN(CCNC(=O)c1c(C)[nH]c(/C=C2\C(=O)Nc3ccc(F)cc32)c1C)P(=O)(O)O. The van der Waals surface area contributed by atoms with Gasteiger partial charge >= 0.3 is 7.75 Å².